The van der Waals surface area contributed by atoms with Crippen molar-refractivity contribution in [3.8, 4) is 5.75 Å². The highest BCUT2D eigenvalue weighted by atomic mass is 35.5. The summed E-state index contributed by atoms with van der Waals surface area (Å²) in [5.74, 6) is -1.93. The molecule has 0 aliphatic carbocycles. The molecule has 2 nitrogen and oxygen atoms in total. The smallest absolute Gasteiger partial charge is 0.191 e. The van der Waals surface area contributed by atoms with Crippen LogP contribution in [0.1, 0.15) is 11.1 Å². The summed E-state index contributed by atoms with van der Waals surface area (Å²) < 4.78 is 32.9. The lowest BCUT2D eigenvalue weighted by Crippen LogP contribution is -2.07. The largest absolute Gasteiger partial charge is 0.483 e. The molecule has 0 fully saturated rings. The molecule has 0 aromatic heterocycles. The van der Waals surface area contributed by atoms with Crippen molar-refractivity contribution < 1.29 is 13.5 Å². The van der Waals surface area contributed by atoms with Gasteiger partial charge in [-0.3, -0.25) is 0 Å². The van der Waals surface area contributed by atoms with E-state index in [0.29, 0.717) is 27.7 Å². The van der Waals surface area contributed by atoms with Crippen LogP contribution in [0.2, 0.25) is 10.0 Å². The lowest BCUT2D eigenvalue weighted by molar-refractivity contribution is 0.274. The molecule has 0 aliphatic rings. The van der Waals surface area contributed by atoms with Gasteiger partial charge in [-0.25, -0.2) is 8.78 Å². The second-order valence-electron chi connectivity index (χ2n) is 4.42. The van der Waals surface area contributed by atoms with Crippen molar-refractivity contribution in [2.24, 2.45) is 0 Å². The van der Waals surface area contributed by atoms with E-state index in [0.717, 1.165) is 0 Å². The molecule has 0 unspecified atom stereocenters. The summed E-state index contributed by atoms with van der Waals surface area (Å²) in [5, 5.41) is 3.50. The molecule has 2 rings (SSSR count). The molecule has 0 spiro atoms. The molecular formula is C15H13Cl2F2NO. The predicted octanol–water partition coefficient (Wildman–Crippen LogP) is 4.57. The summed E-state index contributed by atoms with van der Waals surface area (Å²) in [7, 11) is 1.70. The first-order valence-electron chi connectivity index (χ1n) is 6.21. The molecule has 0 saturated heterocycles. The Bertz CT molecular complexity index is 627. The molecule has 0 radical (unpaired) electrons. The summed E-state index contributed by atoms with van der Waals surface area (Å²) in [6, 6.07) is 7.46. The fourth-order valence-corrected chi connectivity index (χ4v) is 2.24. The monoisotopic (exact) mass is 331 g/mol. The number of ether oxygens (including phenoxy) is 1. The summed E-state index contributed by atoms with van der Waals surface area (Å²) in [5.41, 5.74) is 1.06. The molecule has 0 atom stereocenters. The van der Waals surface area contributed by atoms with Crippen molar-refractivity contribution in [3.05, 3.63) is 63.1 Å². The Labute approximate surface area is 131 Å². The summed E-state index contributed by atoms with van der Waals surface area (Å²) >= 11 is 11.9. The molecule has 112 valence electrons. The summed E-state index contributed by atoms with van der Waals surface area (Å²) in [6.07, 6.45) is 0. The Morgan fingerprint density at radius 1 is 1.14 bits per heavy atom. The van der Waals surface area contributed by atoms with Gasteiger partial charge in [0.25, 0.3) is 0 Å². The molecule has 0 amide bonds. The average Bonchev–Trinajstić information content (AvgIpc) is 2.42. The van der Waals surface area contributed by atoms with Gasteiger partial charge >= 0.3 is 0 Å². The first kappa shape index (κ1) is 16.0. The second kappa shape index (κ2) is 7.07. The Morgan fingerprint density at radius 2 is 1.81 bits per heavy atom. The molecule has 21 heavy (non-hydrogen) atoms. The van der Waals surface area contributed by atoms with Gasteiger partial charge in [0.1, 0.15) is 6.61 Å². The topological polar surface area (TPSA) is 21.3 Å². The Balaban J connectivity index is 2.18. The zero-order chi connectivity index (χ0) is 15.4. The first-order valence-corrected chi connectivity index (χ1v) is 6.96. The highest BCUT2D eigenvalue weighted by molar-refractivity contribution is 6.42. The molecule has 2 aromatic rings. The summed E-state index contributed by atoms with van der Waals surface area (Å²) in [6.45, 7) is 0.298. The third-order valence-corrected chi connectivity index (χ3v) is 3.70. The van der Waals surface area contributed by atoms with Crippen molar-refractivity contribution in [2.45, 2.75) is 13.2 Å². The molecule has 6 heteroatoms. The number of hydrogen-bond acceptors (Lipinski definition) is 2. The molecule has 0 saturated carbocycles. The second-order valence-corrected chi connectivity index (χ2v) is 5.21. The standard InChI is InChI=1S/C15H13Cl2F2NO/c1-20-7-9-5-12(18)15(13(19)6-9)21-8-10-3-2-4-11(16)14(10)17/h2-6,20H,7-8H2,1H3. The van der Waals surface area contributed by atoms with Gasteiger partial charge in [0.05, 0.1) is 10.0 Å². The molecule has 0 bridgehead atoms. The van der Waals surface area contributed by atoms with Crippen LogP contribution in [0.15, 0.2) is 30.3 Å². The molecule has 0 aliphatic heterocycles. The van der Waals surface area contributed by atoms with E-state index in [1.807, 2.05) is 0 Å². The van der Waals surface area contributed by atoms with Gasteiger partial charge in [-0.1, -0.05) is 35.3 Å². The zero-order valence-corrected chi connectivity index (χ0v) is 12.7. The highest BCUT2D eigenvalue weighted by Gasteiger charge is 2.14. The number of nitrogens with one attached hydrogen (secondary N) is 1. The van der Waals surface area contributed by atoms with Crippen molar-refractivity contribution in [3.63, 3.8) is 0 Å². The van der Waals surface area contributed by atoms with Crippen molar-refractivity contribution in [2.75, 3.05) is 7.05 Å². The van der Waals surface area contributed by atoms with Crippen LogP contribution in [0.25, 0.3) is 0 Å². The van der Waals surface area contributed by atoms with E-state index in [1.54, 1.807) is 25.2 Å². The minimum atomic E-state index is -0.751. The van der Waals surface area contributed by atoms with Crippen LogP contribution in [0.4, 0.5) is 8.78 Å². The maximum absolute atomic E-state index is 13.9. The fraction of sp³-hybridized carbons (Fsp3) is 0.200. The molecule has 2 aromatic carbocycles. The third kappa shape index (κ3) is 3.84. The van der Waals surface area contributed by atoms with Crippen molar-refractivity contribution in [1.82, 2.24) is 5.32 Å². The Morgan fingerprint density at radius 3 is 2.43 bits per heavy atom. The van der Waals surface area contributed by atoms with Crippen LogP contribution >= 0.6 is 23.2 Å². The van der Waals surface area contributed by atoms with Crippen LogP contribution < -0.4 is 10.1 Å². The minimum absolute atomic E-state index is 0.0708. The van der Waals surface area contributed by atoms with Gasteiger partial charge < -0.3 is 10.1 Å². The maximum Gasteiger partial charge on any atom is 0.191 e. The Hall–Kier alpha value is -1.36. The third-order valence-electron chi connectivity index (χ3n) is 2.84. The van der Waals surface area contributed by atoms with Crippen LogP contribution in [0.3, 0.4) is 0 Å². The van der Waals surface area contributed by atoms with E-state index in [2.05, 4.69) is 5.32 Å². The fourth-order valence-electron chi connectivity index (χ4n) is 1.87. The molecular weight excluding hydrogens is 319 g/mol. The number of rotatable bonds is 5. The predicted molar refractivity (Wildman–Crippen MR) is 79.9 cm³/mol. The lowest BCUT2D eigenvalue weighted by atomic mass is 10.2. The average molecular weight is 332 g/mol. The zero-order valence-electron chi connectivity index (χ0n) is 11.2. The molecule has 0 heterocycles. The van der Waals surface area contributed by atoms with Gasteiger partial charge in [0.15, 0.2) is 17.4 Å². The normalized spacial score (nSPS) is 10.7. The number of halogens is 4. The van der Waals surface area contributed by atoms with Gasteiger partial charge in [-0.15, -0.1) is 0 Å². The van der Waals surface area contributed by atoms with E-state index < -0.39 is 17.4 Å². The van der Waals surface area contributed by atoms with Crippen LogP contribution in [-0.4, -0.2) is 7.05 Å². The van der Waals surface area contributed by atoms with Crippen LogP contribution in [-0.2, 0) is 13.2 Å². The number of benzene rings is 2. The lowest BCUT2D eigenvalue weighted by Gasteiger charge is -2.11. The van der Waals surface area contributed by atoms with Crippen LogP contribution in [0.5, 0.6) is 5.75 Å². The first-order chi connectivity index (χ1) is 10.0. The number of hydrogen-bond donors (Lipinski definition) is 1. The maximum atomic E-state index is 13.9. The van der Waals surface area contributed by atoms with E-state index in [1.165, 1.54) is 12.1 Å². The minimum Gasteiger partial charge on any atom is -0.483 e. The Kier molecular flexibility index (Phi) is 5.39. The summed E-state index contributed by atoms with van der Waals surface area (Å²) in [4.78, 5) is 0. The van der Waals surface area contributed by atoms with Crippen LogP contribution in [0, 0.1) is 11.6 Å². The van der Waals surface area contributed by atoms with E-state index >= 15 is 0 Å². The van der Waals surface area contributed by atoms with Gasteiger partial charge in [-0.05, 0) is 30.8 Å². The highest BCUT2D eigenvalue weighted by Crippen LogP contribution is 2.28. The van der Waals surface area contributed by atoms with E-state index in [9.17, 15) is 8.78 Å². The van der Waals surface area contributed by atoms with E-state index in [4.69, 9.17) is 27.9 Å². The van der Waals surface area contributed by atoms with Gasteiger partial charge in [0.2, 0.25) is 0 Å². The van der Waals surface area contributed by atoms with Crippen molar-refractivity contribution in [1.29, 1.82) is 0 Å². The van der Waals surface area contributed by atoms with E-state index in [-0.39, 0.29) is 6.61 Å². The quantitative estimate of drug-likeness (QED) is 0.866. The van der Waals surface area contributed by atoms with Gasteiger partial charge in [0, 0.05) is 12.1 Å². The SMILES string of the molecule is CNCc1cc(F)c(OCc2cccc(Cl)c2Cl)c(F)c1. The van der Waals surface area contributed by atoms with Crippen molar-refractivity contribution >= 4 is 23.2 Å². The molecule has 1 N–H and O–H groups in total. The van der Waals surface area contributed by atoms with Gasteiger partial charge in [-0.2, -0.15) is 0 Å².